The number of likely N-dealkylation sites (tertiary alicyclic amines) is 1. The second-order valence-corrected chi connectivity index (χ2v) is 7.96. The molecule has 2 rings (SSSR count). The van der Waals surface area contributed by atoms with E-state index in [1.165, 1.54) is 0 Å². The van der Waals surface area contributed by atoms with Crippen molar-refractivity contribution in [1.82, 2.24) is 4.90 Å². The van der Waals surface area contributed by atoms with Gasteiger partial charge >= 0.3 is 0 Å². The van der Waals surface area contributed by atoms with Crippen LogP contribution < -0.4 is 5.73 Å². The van der Waals surface area contributed by atoms with Crippen LogP contribution in [0, 0.1) is 0 Å². The Bertz CT molecular complexity index is 369. The number of hydrogen-bond donors (Lipinski definition) is 1. The van der Waals surface area contributed by atoms with Crippen LogP contribution in [0.15, 0.2) is 0 Å². The fraction of sp³-hybridized carbons (Fsp3) is 1.00. The van der Waals surface area contributed by atoms with Crippen LogP contribution in [-0.4, -0.2) is 54.0 Å². The van der Waals surface area contributed by atoms with Crippen LogP contribution in [0.3, 0.4) is 0 Å². The van der Waals surface area contributed by atoms with Crippen molar-refractivity contribution < 1.29 is 9.47 Å². The van der Waals surface area contributed by atoms with Crippen molar-refractivity contribution in [2.24, 2.45) is 5.73 Å². The minimum atomic E-state index is -0.239. The molecule has 0 spiro atoms. The Labute approximate surface area is 124 Å². The molecule has 2 atom stereocenters. The highest BCUT2D eigenvalue weighted by Crippen LogP contribution is 2.49. The molecular weight excluding hydrogens is 252 g/mol. The summed E-state index contributed by atoms with van der Waals surface area (Å²) in [5, 5.41) is 0. The zero-order chi connectivity index (χ0) is 15.2. The molecule has 2 fully saturated rings. The minimum absolute atomic E-state index is 0.0662. The number of hydrogen-bond acceptors (Lipinski definition) is 4. The van der Waals surface area contributed by atoms with Gasteiger partial charge in [0, 0.05) is 20.2 Å². The number of rotatable bonds is 3. The Hall–Kier alpha value is -0.160. The van der Waals surface area contributed by atoms with Crippen LogP contribution in [0.5, 0.6) is 0 Å². The van der Waals surface area contributed by atoms with Crippen LogP contribution >= 0.6 is 0 Å². The molecule has 4 heteroatoms. The molecule has 0 bridgehead atoms. The van der Waals surface area contributed by atoms with Gasteiger partial charge in [-0.05, 0) is 60.4 Å². The maximum atomic E-state index is 6.34. The third-order valence-electron chi connectivity index (χ3n) is 5.47. The zero-order valence-corrected chi connectivity index (χ0v) is 14.1. The van der Waals surface area contributed by atoms with Crippen LogP contribution in [-0.2, 0) is 9.47 Å². The Morgan fingerprint density at radius 3 is 2.30 bits per heavy atom. The second kappa shape index (κ2) is 4.94. The monoisotopic (exact) mass is 284 g/mol. The van der Waals surface area contributed by atoms with Crippen molar-refractivity contribution >= 4 is 0 Å². The molecule has 2 unspecified atom stereocenters. The first-order valence-electron chi connectivity index (χ1n) is 7.80. The lowest BCUT2D eigenvalue weighted by Crippen LogP contribution is -2.67. The summed E-state index contributed by atoms with van der Waals surface area (Å²) < 4.78 is 12.1. The van der Waals surface area contributed by atoms with Gasteiger partial charge in [-0.25, -0.2) is 0 Å². The quantitative estimate of drug-likeness (QED) is 0.863. The Kier molecular flexibility index (Phi) is 4.00. The topological polar surface area (TPSA) is 47.7 Å². The van der Waals surface area contributed by atoms with E-state index in [0.29, 0.717) is 6.54 Å². The normalized spacial score (nSPS) is 41.0. The molecule has 2 N–H and O–H groups in total. The zero-order valence-electron chi connectivity index (χ0n) is 14.1. The van der Waals surface area contributed by atoms with Crippen LogP contribution in [0.4, 0.5) is 0 Å². The average Bonchev–Trinajstić information content (AvgIpc) is 2.54. The van der Waals surface area contributed by atoms with Crippen LogP contribution in [0.25, 0.3) is 0 Å². The number of nitrogens with zero attached hydrogens (tertiary/aromatic N) is 1. The van der Waals surface area contributed by atoms with Gasteiger partial charge in [-0.2, -0.15) is 0 Å². The van der Waals surface area contributed by atoms with E-state index >= 15 is 0 Å². The highest BCUT2D eigenvalue weighted by Gasteiger charge is 2.60. The van der Waals surface area contributed by atoms with E-state index in [0.717, 1.165) is 32.4 Å². The summed E-state index contributed by atoms with van der Waals surface area (Å²) in [4.78, 5) is 2.54. The third kappa shape index (κ3) is 2.52. The van der Waals surface area contributed by atoms with E-state index in [2.05, 4.69) is 39.5 Å². The van der Waals surface area contributed by atoms with Gasteiger partial charge in [-0.1, -0.05) is 0 Å². The van der Waals surface area contributed by atoms with Gasteiger partial charge in [0.15, 0.2) is 0 Å². The third-order valence-corrected chi connectivity index (χ3v) is 5.47. The molecule has 2 heterocycles. The van der Waals surface area contributed by atoms with Gasteiger partial charge in [0.25, 0.3) is 0 Å². The van der Waals surface area contributed by atoms with Gasteiger partial charge < -0.3 is 15.2 Å². The van der Waals surface area contributed by atoms with Gasteiger partial charge in [-0.15, -0.1) is 0 Å². The van der Waals surface area contributed by atoms with E-state index < -0.39 is 0 Å². The molecule has 2 aliphatic rings. The van der Waals surface area contributed by atoms with Crippen molar-refractivity contribution in [1.29, 1.82) is 0 Å². The van der Waals surface area contributed by atoms with Gasteiger partial charge in [0.1, 0.15) is 0 Å². The molecular formula is C16H32N2O2. The van der Waals surface area contributed by atoms with E-state index in [9.17, 15) is 0 Å². The first kappa shape index (κ1) is 16.2. The smallest absolute Gasteiger partial charge is 0.0830 e. The molecule has 118 valence electrons. The molecule has 0 aliphatic carbocycles. The molecule has 0 aromatic rings. The lowest BCUT2D eigenvalue weighted by Gasteiger charge is -2.52. The molecule has 2 aliphatic heterocycles. The fourth-order valence-corrected chi connectivity index (χ4v) is 4.42. The predicted octanol–water partition coefficient (Wildman–Crippen LogP) is 2.16. The Morgan fingerprint density at radius 1 is 1.20 bits per heavy atom. The van der Waals surface area contributed by atoms with E-state index in [4.69, 9.17) is 15.2 Å². The van der Waals surface area contributed by atoms with Gasteiger partial charge in [0.2, 0.25) is 0 Å². The number of nitrogens with two attached hydrogens (primary N) is 1. The van der Waals surface area contributed by atoms with E-state index in [-0.39, 0.29) is 22.3 Å². The SMILES string of the molecule is COC1(C)CCCN(C2(CN)CC(C)(C)OC2(C)C)C1. The molecule has 0 aromatic carbocycles. The Balaban J connectivity index is 2.32. The highest BCUT2D eigenvalue weighted by atomic mass is 16.5. The van der Waals surface area contributed by atoms with Crippen molar-refractivity contribution in [3.8, 4) is 0 Å². The number of methoxy groups -OCH3 is 1. The maximum Gasteiger partial charge on any atom is 0.0830 e. The summed E-state index contributed by atoms with van der Waals surface area (Å²) in [6.07, 6.45) is 3.25. The summed E-state index contributed by atoms with van der Waals surface area (Å²) in [6.45, 7) is 13.6. The van der Waals surface area contributed by atoms with E-state index in [1.54, 1.807) is 0 Å². The first-order valence-corrected chi connectivity index (χ1v) is 7.80. The minimum Gasteiger partial charge on any atom is -0.377 e. The molecule has 0 aromatic heterocycles. The molecule has 2 saturated heterocycles. The lowest BCUT2D eigenvalue weighted by molar-refractivity contribution is -0.131. The molecule has 4 nitrogen and oxygen atoms in total. The number of ether oxygens (including phenoxy) is 2. The summed E-state index contributed by atoms with van der Waals surface area (Å²) in [5.41, 5.74) is 5.74. The van der Waals surface area contributed by atoms with Gasteiger partial charge in [0.05, 0.1) is 22.3 Å². The summed E-state index contributed by atoms with van der Waals surface area (Å²) >= 11 is 0. The summed E-state index contributed by atoms with van der Waals surface area (Å²) in [7, 11) is 1.82. The highest BCUT2D eigenvalue weighted by molar-refractivity contribution is 5.14. The predicted molar refractivity (Wildman–Crippen MR) is 81.9 cm³/mol. The maximum absolute atomic E-state index is 6.34. The van der Waals surface area contributed by atoms with Crippen molar-refractivity contribution in [2.75, 3.05) is 26.7 Å². The fourth-order valence-electron chi connectivity index (χ4n) is 4.42. The second-order valence-electron chi connectivity index (χ2n) is 7.96. The molecule has 0 saturated carbocycles. The number of piperidine rings is 1. The van der Waals surface area contributed by atoms with Crippen LogP contribution in [0.2, 0.25) is 0 Å². The van der Waals surface area contributed by atoms with Crippen molar-refractivity contribution in [3.63, 3.8) is 0 Å². The average molecular weight is 284 g/mol. The largest absolute Gasteiger partial charge is 0.377 e. The lowest BCUT2D eigenvalue weighted by atomic mass is 9.75. The molecule has 0 radical (unpaired) electrons. The summed E-state index contributed by atoms with van der Waals surface area (Å²) in [6, 6.07) is 0. The van der Waals surface area contributed by atoms with Crippen molar-refractivity contribution in [3.05, 3.63) is 0 Å². The van der Waals surface area contributed by atoms with Crippen LogP contribution in [0.1, 0.15) is 53.9 Å². The molecule has 20 heavy (non-hydrogen) atoms. The molecule has 0 amide bonds. The first-order chi connectivity index (χ1) is 9.10. The Morgan fingerprint density at radius 2 is 1.85 bits per heavy atom. The van der Waals surface area contributed by atoms with Crippen molar-refractivity contribution in [2.45, 2.75) is 76.2 Å². The summed E-state index contributed by atoms with van der Waals surface area (Å²) in [5.74, 6) is 0. The van der Waals surface area contributed by atoms with Gasteiger partial charge in [-0.3, -0.25) is 4.90 Å². The van der Waals surface area contributed by atoms with E-state index in [1.807, 2.05) is 7.11 Å². The standard InChI is InChI=1S/C16H32N2O2/c1-13(2)10-16(11-17,14(3,4)20-13)18-9-7-8-15(5,12-18)19-6/h7-12,17H2,1-6H3.